The first-order valence-electron chi connectivity index (χ1n) is 4.74. The topological polar surface area (TPSA) is 46.6 Å². The molecule has 0 bridgehead atoms. The second kappa shape index (κ2) is 6.08. The van der Waals surface area contributed by atoms with Crippen molar-refractivity contribution in [3.63, 3.8) is 0 Å². The number of hydrogen-bond donors (Lipinski definition) is 0. The van der Waals surface area contributed by atoms with E-state index in [1.807, 2.05) is 30.3 Å². The Kier molecular flexibility index (Phi) is 5.05. The van der Waals surface area contributed by atoms with Crippen LogP contribution in [-0.4, -0.2) is 38.1 Å². The smallest absolute Gasteiger partial charge is 0.228 e. The summed E-state index contributed by atoms with van der Waals surface area (Å²) in [7, 11) is -1.86. The molecular weight excluding hydrogens is 250 g/mol. The third-order valence-electron chi connectivity index (χ3n) is 2.03. The number of rotatable bonds is 6. The molecule has 1 aromatic rings. The zero-order valence-corrected chi connectivity index (χ0v) is 10.5. The highest BCUT2D eigenvalue weighted by Gasteiger charge is 2.15. The maximum absolute atomic E-state index is 11.3. The molecule has 0 radical (unpaired) electrons. The standard InChI is InChI=1S/C10H14ClNO3S/c1-12(16(13,14)9-11)7-8-15-10-5-3-2-4-6-10/h2-6H,7-9H2,1H3. The van der Waals surface area contributed by atoms with Gasteiger partial charge in [-0.1, -0.05) is 18.2 Å². The molecule has 0 aliphatic heterocycles. The number of ether oxygens (including phenoxy) is 1. The van der Waals surface area contributed by atoms with Crippen LogP contribution in [0.3, 0.4) is 0 Å². The van der Waals surface area contributed by atoms with Gasteiger partial charge >= 0.3 is 0 Å². The molecule has 0 saturated heterocycles. The van der Waals surface area contributed by atoms with Gasteiger partial charge in [-0.25, -0.2) is 12.7 Å². The Labute approximate surface area is 101 Å². The van der Waals surface area contributed by atoms with Gasteiger partial charge in [0.05, 0.1) is 0 Å². The number of hydrogen-bond acceptors (Lipinski definition) is 3. The van der Waals surface area contributed by atoms with E-state index in [0.717, 1.165) is 5.75 Å². The molecule has 16 heavy (non-hydrogen) atoms. The van der Waals surface area contributed by atoms with Crippen LogP contribution in [0.25, 0.3) is 0 Å². The van der Waals surface area contributed by atoms with Gasteiger partial charge in [0.15, 0.2) is 0 Å². The van der Waals surface area contributed by atoms with Crippen molar-refractivity contribution in [1.29, 1.82) is 0 Å². The lowest BCUT2D eigenvalue weighted by Gasteiger charge is -2.15. The molecule has 90 valence electrons. The Morgan fingerprint density at radius 2 is 1.94 bits per heavy atom. The number of benzene rings is 1. The first kappa shape index (κ1) is 13.3. The van der Waals surface area contributed by atoms with Crippen LogP contribution in [0.4, 0.5) is 0 Å². The molecular formula is C10H14ClNO3S. The molecule has 0 amide bonds. The summed E-state index contributed by atoms with van der Waals surface area (Å²) in [6, 6.07) is 9.23. The number of alkyl halides is 1. The van der Waals surface area contributed by atoms with Gasteiger partial charge in [-0.05, 0) is 12.1 Å². The Bertz CT molecular complexity index is 407. The van der Waals surface area contributed by atoms with E-state index in [1.165, 1.54) is 11.4 Å². The van der Waals surface area contributed by atoms with Crippen molar-refractivity contribution >= 4 is 21.6 Å². The second-order valence-electron chi connectivity index (χ2n) is 3.20. The molecule has 6 heteroatoms. The van der Waals surface area contributed by atoms with Crippen molar-refractivity contribution < 1.29 is 13.2 Å². The van der Waals surface area contributed by atoms with Gasteiger partial charge in [0.1, 0.15) is 17.6 Å². The van der Waals surface area contributed by atoms with Crippen LogP contribution in [0, 0.1) is 0 Å². The molecule has 1 rings (SSSR count). The van der Waals surface area contributed by atoms with Crippen LogP contribution in [0.2, 0.25) is 0 Å². The minimum absolute atomic E-state index is 0.282. The van der Waals surface area contributed by atoms with E-state index >= 15 is 0 Å². The average molecular weight is 264 g/mol. The highest BCUT2D eigenvalue weighted by atomic mass is 35.5. The summed E-state index contributed by atoms with van der Waals surface area (Å²) in [6.45, 7) is 0.584. The van der Waals surface area contributed by atoms with Gasteiger partial charge in [0, 0.05) is 13.6 Å². The van der Waals surface area contributed by atoms with Crippen LogP contribution >= 0.6 is 11.6 Å². The van der Waals surface area contributed by atoms with Crippen molar-refractivity contribution in [3.05, 3.63) is 30.3 Å². The van der Waals surface area contributed by atoms with Gasteiger partial charge in [-0.2, -0.15) is 0 Å². The summed E-state index contributed by atoms with van der Waals surface area (Å²) in [5.74, 6) is 0.721. The SMILES string of the molecule is CN(CCOc1ccccc1)S(=O)(=O)CCl. The maximum Gasteiger partial charge on any atom is 0.228 e. The van der Waals surface area contributed by atoms with Crippen LogP contribution in [0.5, 0.6) is 5.75 Å². The van der Waals surface area contributed by atoms with Crippen LogP contribution < -0.4 is 4.74 Å². The number of nitrogens with zero attached hydrogens (tertiary/aromatic N) is 1. The van der Waals surface area contributed by atoms with Crippen molar-refractivity contribution in [2.24, 2.45) is 0 Å². The molecule has 0 fully saturated rings. The summed E-state index contributed by atoms with van der Waals surface area (Å²) in [6.07, 6.45) is 0. The van der Waals surface area contributed by atoms with Gasteiger partial charge < -0.3 is 4.74 Å². The van der Waals surface area contributed by atoms with E-state index < -0.39 is 15.2 Å². The zero-order valence-electron chi connectivity index (χ0n) is 8.97. The van der Waals surface area contributed by atoms with Gasteiger partial charge in [0.25, 0.3) is 0 Å². The monoisotopic (exact) mass is 263 g/mol. The third-order valence-corrected chi connectivity index (χ3v) is 4.27. The molecule has 0 aromatic heterocycles. The number of halogens is 1. The Morgan fingerprint density at radius 1 is 1.31 bits per heavy atom. The third kappa shape index (κ3) is 4.00. The summed E-state index contributed by atoms with van der Waals surface area (Å²) >= 11 is 5.31. The van der Waals surface area contributed by atoms with E-state index in [0.29, 0.717) is 6.61 Å². The summed E-state index contributed by atoms with van der Waals surface area (Å²) in [4.78, 5) is 0. The van der Waals surface area contributed by atoms with Crippen LogP contribution in [-0.2, 0) is 10.0 Å². The van der Waals surface area contributed by atoms with Gasteiger partial charge in [-0.3, -0.25) is 0 Å². The minimum atomic E-state index is -3.33. The molecule has 0 spiro atoms. The summed E-state index contributed by atoms with van der Waals surface area (Å²) in [5, 5.41) is -0.408. The van der Waals surface area contributed by atoms with E-state index in [1.54, 1.807) is 0 Å². The first-order chi connectivity index (χ1) is 7.56. The lowest BCUT2D eigenvalue weighted by molar-refractivity contribution is 0.287. The fourth-order valence-electron chi connectivity index (χ4n) is 1.03. The van der Waals surface area contributed by atoms with Gasteiger partial charge in [-0.15, -0.1) is 11.6 Å². The van der Waals surface area contributed by atoms with E-state index in [4.69, 9.17) is 16.3 Å². The summed E-state index contributed by atoms with van der Waals surface area (Å²) in [5.41, 5.74) is 0. The lowest BCUT2D eigenvalue weighted by Crippen LogP contribution is -2.31. The minimum Gasteiger partial charge on any atom is -0.492 e. The molecule has 0 atom stereocenters. The normalized spacial score (nSPS) is 11.7. The fourth-order valence-corrected chi connectivity index (χ4v) is 2.05. The highest BCUT2D eigenvalue weighted by molar-refractivity contribution is 7.90. The molecule has 0 unspecified atom stereocenters. The van der Waals surface area contributed by atoms with Crippen molar-refractivity contribution in [2.45, 2.75) is 0 Å². The van der Waals surface area contributed by atoms with E-state index in [-0.39, 0.29) is 6.54 Å². The predicted octanol–water partition coefficient (Wildman–Crippen LogP) is 1.52. The van der Waals surface area contributed by atoms with Crippen molar-refractivity contribution in [3.8, 4) is 5.75 Å². The van der Waals surface area contributed by atoms with Crippen LogP contribution in [0.1, 0.15) is 0 Å². The number of para-hydroxylation sites is 1. The highest BCUT2D eigenvalue weighted by Crippen LogP contribution is 2.08. The summed E-state index contributed by atoms with van der Waals surface area (Å²) < 4.78 is 29.1. The maximum atomic E-state index is 11.3. The quantitative estimate of drug-likeness (QED) is 0.731. The Morgan fingerprint density at radius 3 is 2.50 bits per heavy atom. The average Bonchev–Trinajstić information content (AvgIpc) is 2.30. The Hall–Kier alpha value is -0.780. The van der Waals surface area contributed by atoms with Crippen LogP contribution in [0.15, 0.2) is 30.3 Å². The Balaban J connectivity index is 2.37. The molecule has 0 aliphatic rings. The second-order valence-corrected chi connectivity index (χ2v) is 5.86. The molecule has 1 aromatic carbocycles. The van der Waals surface area contributed by atoms with Gasteiger partial charge in [0.2, 0.25) is 10.0 Å². The largest absolute Gasteiger partial charge is 0.492 e. The number of sulfonamides is 1. The molecule has 0 N–H and O–H groups in total. The molecule has 4 nitrogen and oxygen atoms in total. The molecule has 0 aliphatic carbocycles. The van der Waals surface area contributed by atoms with Crippen molar-refractivity contribution in [1.82, 2.24) is 4.31 Å². The van der Waals surface area contributed by atoms with E-state index in [9.17, 15) is 8.42 Å². The zero-order chi connectivity index (χ0) is 12.0. The van der Waals surface area contributed by atoms with Crippen molar-refractivity contribution in [2.75, 3.05) is 25.4 Å². The molecule has 0 heterocycles. The molecule has 0 saturated carbocycles. The number of likely N-dealkylation sites (N-methyl/N-ethyl adjacent to an activating group) is 1. The first-order valence-corrected chi connectivity index (χ1v) is 6.88. The van der Waals surface area contributed by atoms with E-state index in [2.05, 4.69) is 0 Å². The predicted molar refractivity (Wildman–Crippen MR) is 64.2 cm³/mol. The lowest BCUT2D eigenvalue weighted by atomic mass is 10.3. The fraction of sp³-hybridized carbons (Fsp3) is 0.400.